The number of benzene rings is 1. The molecule has 0 aliphatic rings. The van der Waals surface area contributed by atoms with Gasteiger partial charge in [0.2, 0.25) is 5.89 Å². The fourth-order valence-corrected chi connectivity index (χ4v) is 2.49. The Kier molecular flexibility index (Phi) is 4.39. The minimum Gasteiger partial charge on any atom is -0.490 e. The number of furan rings is 1. The molecule has 3 rings (SSSR count). The molecule has 5 heteroatoms. The van der Waals surface area contributed by atoms with Gasteiger partial charge in [0.15, 0.2) is 11.3 Å². The van der Waals surface area contributed by atoms with Crippen molar-refractivity contribution in [3.63, 3.8) is 0 Å². The van der Waals surface area contributed by atoms with Crippen LogP contribution in [0.4, 0.5) is 0 Å². The molecule has 0 aliphatic carbocycles. The molecule has 2 aromatic heterocycles. The third kappa shape index (κ3) is 3.24. The molecule has 0 fully saturated rings. The van der Waals surface area contributed by atoms with Gasteiger partial charge in [0, 0.05) is 5.39 Å². The maximum atomic E-state index is 5.99. The molecule has 0 saturated heterocycles. The van der Waals surface area contributed by atoms with Gasteiger partial charge in [-0.15, -0.1) is 0 Å². The Morgan fingerprint density at radius 3 is 2.78 bits per heavy atom. The summed E-state index contributed by atoms with van der Waals surface area (Å²) in [5, 5.41) is 4.42. The average molecular weight is 314 g/mol. The summed E-state index contributed by atoms with van der Waals surface area (Å²) in [6.07, 6.45) is 0. The number of aryl methyl sites for hydroxylation is 2. The Labute approximate surface area is 135 Å². The van der Waals surface area contributed by atoms with E-state index >= 15 is 0 Å². The van der Waals surface area contributed by atoms with Crippen molar-refractivity contribution in [1.29, 1.82) is 0 Å². The molecule has 23 heavy (non-hydrogen) atoms. The van der Waals surface area contributed by atoms with Gasteiger partial charge in [-0.05, 0) is 39.8 Å². The number of ether oxygens (including phenoxy) is 1. The summed E-state index contributed by atoms with van der Waals surface area (Å²) in [5.41, 5.74) is 1.72. The van der Waals surface area contributed by atoms with Crippen molar-refractivity contribution in [2.24, 2.45) is 0 Å². The van der Waals surface area contributed by atoms with E-state index in [2.05, 4.69) is 17.2 Å². The summed E-state index contributed by atoms with van der Waals surface area (Å²) in [4.78, 5) is 4.38. The van der Waals surface area contributed by atoms with Crippen LogP contribution in [0.25, 0.3) is 11.0 Å². The van der Waals surface area contributed by atoms with Crippen LogP contribution in [0.3, 0.4) is 0 Å². The van der Waals surface area contributed by atoms with Gasteiger partial charge in [0.1, 0.15) is 11.5 Å². The first-order chi connectivity index (χ1) is 11.1. The standard InChI is InChI=1S/C18H22N2O3/c1-5-21-15-8-6-7-14-9-16(23-18(14)15)12(3)19-10-17-20-11(2)13(4)22-17/h6-9,12,19H,5,10H2,1-4H3. The summed E-state index contributed by atoms with van der Waals surface area (Å²) in [7, 11) is 0. The van der Waals surface area contributed by atoms with Gasteiger partial charge in [-0.2, -0.15) is 0 Å². The second-order valence-corrected chi connectivity index (χ2v) is 5.61. The van der Waals surface area contributed by atoms with Gasteiger partial charge in [-0.1, -0.05) is 12.1 Å². The van der Waals surface area contributed by atoms with Crippen molar-refractivity contribution < 1.29 is 13.6 Å². The summed E-state index contributed by atoms with van der Waals surface area (Å²) in [5.74, 6) is 3.20. The first-order valence-electron chi connectivity index (χ1n) is 7.90. The zero-order chi connectivity index (χ0) is 16.4. The van der Waals surface area contributed by atoms with Crippen molar-refractivity contribution in [1.82, 2.24) is 10.3 Å². The number of aromatic nitrogens is 1. The molecule has 0 aliphatic heterocycles. The predicted octanol–water partition coefficient (Wildman–Crippen LogP) is 4.29. The van der Waals surface area contributed by atoms with Crippen LogP contribution in [-0.2, 0) is 6.54 Å². The zero-order valence-electron chi connectivity index (χ0n) is 14.0. The maximum Gasteiger partial charge on any atom is 0.208 e. The number of para-hydroxylation sites is 1. The minimum atomic E-state index is 0.0457. The average Bonchev–Trinajstić information content (AvgIpc) is 3.10. The van der Waals surface area contributed by atoms with E-state index in [-0.39, 0.29) is 6.04 Å². The first-order valence-corrected chi connectivity index (χ1v) is 7.90. The fourth-order valence-electron chi connectivity index (χ4n) is 2.49. The maximum absolute atomic E-state index is 5.99. The Bertz CT molecular complexity index is 784. The van der Waals surface area contributed by atoms with E-state index in [0.29, 0.717) is 19.0 Å². The number of fused-ring (bicyclic) bond motifs is 1. The van der Waals surface area contributed by atoms with Crippen molar-refractivity contribution >= 4 is 11.0 Å². The number of hydrogen-bond donors (Lipinski definition) is 1. The molecular formula is C18H22N2O3. The highest BCUT2D eigenvalue weighted by atomic mass is 16.5. The summed E-state index contributed by atoms with van der Waals surface area (Å²) < 4.78 is 17.2. The smallest absolute Gasteiger partial charge is 0.208 e. The lowest BCUT2D eigenvalue weighted by Gasteiger charge is -2.09. The van der Waals surface area contributed by atoms with E-state index in [1.54, 1.807) is 0 Å². The van der Waals surface area contributed by atoms with Crippen molar-refractivity contribution in [3.05, 3.63) is 47.4 Å². The molecule has 3 aromatic rings. The van der Waals surface area contributed by atoms with Crippen molar-refractivity contribution in [3.8, 4) is 5.75 Å². The molecule has 0 saturated carbocycles. The van der Waals surface area contributed by atoms with Crippen LogP contribution in [0.5, 0.6) is 5.75 Å². The lowest BCUT2D eigenvalue weighted by Crippen LogP contribution is -2.17. The molecule has 0 spiro atoms. The molecular weight excluding hydrogens is 292 g/mol. The van der Waals surface area contributed by atoms with Gasteiger partial charge in [-0.3, -0.25) is 5.32 Å². The van der Waals surface area contributed by atoms with E-state index in [1.165, 1.54) is 0 Å². The highest BCUT2D eigenvalue weighted by Gasteiger charge is 2.15. The van der Waals surface area contributed by atoms with E-state index in [9.17, 15) is 0 Å². The number of rotatable bonds is 6. The molecule has 0 radical (unpaired) electrons. The van der Waals surface area contributed by atoms with Crippen molar-refractivity contribution in [2.75, 3.05) is 6.61 Å². The molecule has 2 heterocycles. The van der Waals surface area contributed by atoms with E-state index in [4.69, 9.17) is 13.6 Å². The number of hydrogen-bond acceptors (Lipinski definition) is 5. The molecule has 122 valence electrons. The Morgan fingerprint density at radius 2 is 2.09 bits per heavy atom. The second kappa shape index (κ2) is 6.46. The van der Waals surface area contributed by atoms with Gasteiger partial charge in [0.05, 0.1) is 24.9 Å². The van der Waals surface area contributed by atoms with Crippen LogP contribution < -0.4 is 10.1 Å². The quantitative estimate of drug-likeness (QED) is 0.735. The highest BCUT2D eigenvalue weighted by molar-refractivity contribution is 5.83. The third-order valence-electron chi connectivity index (χ3n) is 3.89. The SMILES string of the molecule is CCOc1cccc2cc(C(C)NCc3nc(C)c(C)o3)oc12. The van der Waals surface area contributed by atoms with Crippen LogP contribution in [0.2, 0.25) is 0 Å². The number of oxazole rings is 1. The number of nitrogens with one attached hydrogen (secondary N) is 1. The molecule has 0 bridgehead atoms. The predicted molar refractivity (Wildman–Crippen MR) is 88.6 cm³/mol. The van der Waals surface area contributed by atoms with E-state index in [1.807, 2.05) is 45.0 Å². The number of nitrogens with zero attached hydrogens (tertiary/aromatic N) is 1. The molecule has 1 N–H and O–H groups in total. The van der Waals surface area contributed by atoms with Crippen LogP contribution in [0.15, 0.2) is 33.1 Å². The molecule has 1 atom stereocenters. The summed E-state index contributed by atoms with van der Waals surface area (Å²) >= 11 is 0. The molecule has 5 nitrogen and oxygen atoms in total. The minimum absolute atomic E-state index is 0.0457. The fraction of sp³-hybridized carbons (Fsp3) is 0.389. The lowest BCUT2D eigenvalue weighted by molar-refractivity contribution is 0.335. The Balaban J connectivity index is 1.75. The third-order valence-corrected chi connectivity index (χ3v) is 3.89. The molecule has 1 unspecified atom stereocenters. The van der Waals surface area contributed by atoms with Crippen LogP contribution >= 0.6 is 0 Å². The summed E-state index contributed by atoms with van der Waals surface area (Å²) in [6, 6.07) is 8.02. The first kappa shape index (κ1) is 15.6. The van der Waals surface area contributed by atoms with Crippen LogP contribution in [0, 0.1) is 13.8 Å². The molecule has 0 amide bonds. The van der Waals surface area contributed by atoms with Crippen LogP contribution in [0.1, 0.15) is 43.0 Å². The van der Waals surface area contributed by atoms with E-state index in [0.717, 1.165) is 33.9 Å². The largest absolute Gasteiger partial charge is 0.490 e. The van der Waals surface area contributed by atoms with E-state index < -0.39 is 0 Å². The Hall–Kier alpha value is -2.27. The summed E-state index contributed by atoms with van der Waals surface area (Å²) in [6.45, 7) is 9.06. The van der Waals surface area contributed by atoms with Crippen molar-refractivity contribution in [2.45, 2.75) is 40.3 Å². The van der Waals surface area contributed by atoms with Crippen LogP contribution in [-0.4, -0.2) is 11.6 Å². The highest BCUT2D eigenvalue weighted by Crippen LogP contribution is 2.31. The van der Waals surface area contributed by atoms with Gasteiger partial charge in [0.25, 0.3) is 0 Å². The lowest BCUT2D eigenvalue weighted by atomic mass is 10.2. The monoisotopic (exact) mass is 314 g/mol. The normalized spacial score (nSPS) is 12.7. The van der Waals surface area contributed by atoms with Gasteiger partial charge < -0.3 is 13.6 Å². The van der Waals surface area contributed by atoms with Gasteiger partial charge in [-0.25, -0.2) is 4.98 Å². The zero-order valence-corrected chi connectivity index (χ0v) is 14.0. The van der Waals surface area contributed by atoms with Gasteiger partial charge >= 0.3 is 0 Å². The molecule has 1 aromatic carbocycles. The second-order valence-electron chi connectivity index (χ2n) is 5.61. The Morgan fingerprint density at radius 1 is 1.26 bits per heavy atom. The topological polar surface area (TPSA) is 60.4 Å².